The zero-order chi connectivity index (χ0) is 10.4. The molecule has 0 heterocycles. The van der Waals surface area contributed by atoms with Gasteiger partial charge in [0.05, 0.1) is 0 Å². The van der Waals surface area contributed by atoms with Crippen LogP contribution in [0.1, 0.15) is 18.1 Å². The van der Waals surface area contributed by atoms with Crippen LogP contribution in [0.15, 0.2) is 24.3 Å². The van der Waals surface area contributed by atoms with E-state index in [4.69, 9.17) is 0 Å². The quantitative estimate of drug-likeness (QED) is 0.800. The first-order chi connectivity index (χ1) is 6.74. The van der Waals surface area contributed by atoms with E-state index in [0.717, 1.165) is 5.75 Å². The van der Waals surface area contributed by atoms with Gasteiger partial charge in [-0.15, -0.1) is 0 Å². The number of thioether (sulfide) groups is 1. The first-order valence-corrected chi connectivity index (χ1v) is 6.19. The average Bonchev–Trinajstić information content (AvgIpc) is 2.20. The second kappa shape index (κ2) is 6.10. The summed E-state index contributed by atoms with van der Waals surface area (Å²) in [6.45, 7) is 4.39. The van der Waals surface area contributed by atoms with Gasteiger partial charge in [0.1, 0.15) is 0 Å². The van der Waals surface area contributed by atoms with Crippen molar-refractivity contribution in [1.82, 2.24) is 5.32 Å². The largest absolute Gasteiger partial charge is 0.316 e. The zero-order valence-corrected chi connectivity index (χ0v) is 10.0. The lowest BCUT2D eigenvalue weighted by molar-refractivity contribution is 0.677. The summed E-state index contributed by atoms with van der Waals surface area (Å²) >= 11 is 1.99. The lowest BCUT2D eigenvalue weighted by Gasteiger charge is -2.10. The molecule has 0 amide bonds. The van der Waals surface area contributed by atoms with Gasteiger partial charge in [0.15, 0.2) is 0 Å². The van der Waals surface area contributed by atoms with Crippen molar-refractivity contribution < 1.29 is 0 Å². The number of aryl methyl sites for hydroxylation is 1. The molecule has 2 heteroatoms. The summed E-state index contributed by atoms with van der Waals surface area (Å²) in [5, 5.41) is 3.24. The molecule has 0 fully saturated rings. The van der Waals surface area contributed by atoms with E-state index >= 15 is 0 Å². The average molecular weight is 209 g/mol. The maximum Gasteiger partial charge on any atom is 0.0187 e. The summed E-state index contributed by atoms with van der Waals surface area (Å²) in [5.74, 6) is 2.30. The zero-order valence-electron chi connectivity index (χ0n) is 9.21. The van der Waals surface area contributed by atoms with Gasteiger partial charge in [-0.3, -0.25) is 0 Å². The van der Waals surface area contributed by atoms with E-state index in [0.29, 0.717) is 6.04 Å². The normalized spacial score (nSPS) is 12.8. The molecule has 0 bridgehead atoms. The Morgan fingerprint density at radius 2 is 2.07 bits per heavy atom. The molecule has 78 valence electrons. The molecule has 1 aromatic carbocycles. The minimum absolute atomic E-state index is 0.601. The van der Waals surface area contributed by atoms with E-state index in [-0.39, 0.29) is 0 Å². The third kappa shape index (κ3) is 3.72. The van der Waals surface area contributed by atoms with Gasteiger partial charge >= 0.3 is 0 Å². The summed E-state index contributed by atoms with van der Waals surface area (Å²) in [4.78, 5) is 0. The maximum atomic E-state index is 3.24. The van der Waals surface area contributed by atoms with Crippen molar-refractivity contribution in [2.24, 2.45) is 0 Å². The molecule has 0 saturated heterocycles. The SMILES string of the molecule is CNC(C)CSCc1ccccc1C. The van der Waals surface area contributed by atoms with Crippen LogP contribution in [-0.2, 0) is 5.75 Å². The molecule has 1 rings (SSSR count). The monoisotopic (exact) mass is 209 g/mol. The Hall–Kier alpha value is -0.470. The van der Waals surface area contributed by atoms with Crippen molar-refractivity contribution in [3.63, 3.8) is 0 Å². The van der Waals surface area contributed by atoms with Crippen molar-refractivity contribution in [3.05, 3.63) is 35.4 Å². The van der Waals surface area contributed by atoms with Crippen molar-refractivity contribution in [2.45, 2.75) is 25.6 Å². The van der Waals surface area contributed by atoms with E-state index in [9.17, 15) is 0 Å². The van der Waals surface area contributed by atoms with E-state index < -0.39 is 0 Å². The second-order valence-electron chi connectivity index (χ2n) is 3.63. The Kier molecular flexibility index (Phi) is 5.05. The van der Waals surface area contributed by atoms with E-state index in [1.807, 2.05) is 18.8 Å². The Morgan fingerprint density at radius 1 is 1.36 bits per heavy atom. The topological polar surface area (TPSA) is 12.0 Å². The molecule has 1 nitrogen and oxygen atoms in total. The minimum atomic E-state index is 0.601. The molecular weight excluding hydrogens is 190 g/mol. The molecule has 0 aliphatic heterocycles. The smallest absolute Gasteiger partial charge is 0.0187 e. The molecule has 1 atom stereocenters. The van der Waals surface area contributed by atoms with Crippen LogP contribution in [0.5, 0.6) is 0 Å². The Morgan fingerprint density at radius 3 is 2.71 bits per heavy atom. The van der Waals surface area contributed by atoms with Gasteiger partial charge in [-0.1, -0.05) is 24.3 Å². The fourth-order valence-corrected chi connectivity index (χ4v) is 2.38. The highest BCUT2D eigenvalue weighted by Crippen LogP contribution is 2.16. The number of rotatable bonds is 5. The second-order valence-corrected chi connectivity index (χ2v) is 4.66. The summed E-state index contributed by atoms with van der Waals surface area (Å²) < 4.78 is 0. The predicted molar refractivity (Wildman–Crippen MR) is 65.9 cm³/mol. The highest BCUT2D eigenvalue weighted by molar-refractivity contribution is 7.98. The first kappa shape index (κ1) is 11.6. The molecule has 0 radical (unpaired) electrons. The van der Waals surface area contributed by atoms with Gasteiger partial charge in [-0.2, -0.15) is 11.8 Å². The molecule has 0 spiro atoms. The van der Waals surface area contributed by atoms with Crippen molar-refractivity contribution in [3.8, 4) is 0 Å². The van der Waals surface area contributed by atoms with Crippen LogP contribution in [0.4, 0.5) is 0 Å². The highest BCUT2D eigenvalue weighted by atomic mass is 32.2. The summed E-state index contributed by atoms with van der Waals surface area (Å²) in [6.07, 6.45) is 0. The fourth-order valence-electron chi connectivity index (χ4n) is 1.20. The Labute approximate surface area is 91.3 Å². The molecule has 0 aliphatic carbocycles. The van der Waals surface area contributed by atoms with Crippen LogP contribution in [-0.4, -0.2) is 18.8 Å². The van der Waals surface area contributed by atoms with Gasteiger partial charge in [0.25, 0.3) is 0 Å². The molecule has 1 unspecified atom stereocenters. The molecule has 1 aromatic rings. The van der Waals surface area contributed by atoms with Crippen LogP contribution in [0.2, 0.25) is 0 Å². The molecule has 0 aliphatic rings. The van der Waals surface area contributed by atoms with Gasteiger partial charge in [-0.25, -0.2) is 0 Å². The third-order valence-corrected chi connectivity index (χ3v) is 3.63. The molecule has 1 N–H and O–H groups in total. The van der Waals surface area contributed by atoms with Crippen molar-refractivity contribution in [2.75, 3.05) is 12.8 Å². The van der Waals surface area contributed by atoms with Gasteiger partial charge < -0.3 is 5.32 Å². The van der Waals surface area contributed by atoms with Crippen LogP contribution >= 0.6 is 11.8 Å². The van der Waals surface area contributed by atoms with E-state index in [1.165, 1.54) is 16.9 Å². The number of hydrogen-bond acceptors (Lipinski definition) is 2. The predicted octanol–water partition coefficient (Wildman–Crippen LogP) is 2.84. The standard InChI is InChI=1S/C12H19NS/c1-10-6-4-5-7-12(10)9-14-8-11(2)13-3/h4-7,11,13H,8-9H2,1-3H3. The number of benzene rings is 1. The lowest BCUT2D eigenvalue weighted by Crippen LogP contribution is -2.23. The molecule has 14 heavy (non-hydrogen) atoms. The molecule has 0 aromatic heterocycles. The Balaban J connectivity index is 2.35. The highest BCUT2D eigenvalue weighted by Gasteiger charge is 2.00. The first-order valence-electron chi connectivity index (χ1n) is 5.03. The molecule has 0 saturated carbocycles. The summed E-state index contributed by atoms with van der Waals surface area (Å²) in [6, 6.07) is 9.21. The van der Waals surface area contributed by atoms with Crippen LogP contribution in [0, 0.1) is 6.92 Å². The van der Waals surface area contributed by atoms with Crippen LogP contribution in [0.3, 0.4) is 0 Å². The number of hydrogen-bond donors (Lipinski definition) is 1. The minimum Gasteiger partial charge on any atom is -0.316 e. The van der Waals surface area contributed by atoms with Gasteiger partial charge in [0, 0.05) is 17.5 Å². The Bertz CT molecular complexity index is 273. The van der Waals surface area contributed by atoms with Crippen LogP contribution < -0.4 is 5.32 Å². The van der Waals surface area contributed by atoms with E-state index in [1.54, 1.807) is 0 Å². The molecular formula is C12H19NS. The van der Waals surface area contributed by atoms with Gasteiger partial charge in [0.2, 0.25) is 0 Å². The van der Waals surface area contributed by atoms with Crippen LogP contribution in [0.25, 0.3) is 0 Å². The van der Waals surface area contributed by atoms with Gasteiger partial charge in [-0.05, 0) is 32.0 Å². The van der Waals surface area contributed by atoms with Crippen molar-refractivity contribution in [1.29, 1.82) is 0 Å². The fraction of sp³-hybridized carbons (Fsp3) is 0.500. The third-order valence-electron chi connectivity index (χ3n) is 2.38. The van der Waals surface area contributed by atoms with E-state index in [2.05, 4.69) is 43.4 Å². The number of nitrogens with one attached hydrogen (secondary N) is 1. The lowest BCUT2D eigenvalue weighted by atomic mass is 10.1. The summed E-state index contributed by atoms with van der Waals surface area (Å²) in [5.41, 5.74) is 2.86. The van der Waals surface area contributed by atoms with Crippen molar-refractivity contribution >= 4 is 11.8 Å². The summed E-state index contributed by atoms with van der Waals surface area (Å²) in [7, 11) is 2.01. The maximum absolute atomic E-state index is 3.24.